The molecule has 3 nitrogen and oxygen atoms in total. The average molecular weight is 318 g/mol. The first kappa shape index (κ1) is 16.8. The van der Waals surface area contributed by atoms with Gasteiger partial charge in [-0.05, 0) is 57.3 Å². The summed E-state index contributed by atoms with van der Waals surface area (Å²) in [7, 11) is 0. The monoisotopic (exact) mass is 318 g/mol. The van der Waals surface area contributed by atoms with Crippen molar-refractivity contribution in [3.63, 3.8) is 0 Å². The summed E-state index contributed by atoms with van der Waals surface area (Å²) in [6.45, 7) is 9.32. The smallest absolute Gasteiger partial charge is 0.334 e. The molecule has 5 atom stereocenters. The van der Waals surface area contributed by atoms with Crippen LogP contribution in [-0.4, -0.2) is 23.8 Å². The van der Waals surface area contributed by atoms with E-state index in [9.17, 15) is 9.90 Å². The van der Waals surface area contributed by atoms with E-state index in [1.165, 1.54) is 5.57 Å². The molecule has 3 heteroatoms. The molecule has 0 bridgehead atoms. The van der Waals surface area contributed by atoms with Gasteiger partial charge in [0.25, 0.3) is 0 Å². The zero-order valence-corrected chi connectivity index (χ0v) is 14.9. The quantitative estimate of drug-likeness (QED) is 0.631. The van der Waals surface area contributed by atoms with Crippen LogP contribution in [0.15, 0.2) is 23.3 Å². The summed E-state index contributed by atoms with van der Waals surface area (Å²) >= 11 is 0. The number of aliphatic hydroxyl groups excluding tert-OH is 1. The van der Waals surface area contributed by atoms with Crippen molar-refractivity contribution in [2.24, 2.45) is 22.7 Å². The highest BCUT2D eigenvalue weighted by Gasteiger charge is 2.60. The number of fused-ring (bicyclic) bond motifs is 3. The molecule has 0 aromatic rings. The third kappa shape index (κ3) is 2.57. The van der Waals surface area contributed by atoms with E-state index in [1.54, 1.807) is 0 Å². The van der Waals surface area contributed by atoms with Crippen LogP contribution in [0.2, 0.25) is 0 Å². The molecule has 0 unspecified atom stereocenters. The van der Waals surface area contributed by atoms with E-state index in [4.69, 9.17) is 4.74 Å². The summed E-state index contributed by atoms with van der Waals surface area (Å²) in [4.78, 5) is 12.0. The van der Waals surface area contributed by atoms with E-state index in [2.05, 4.69) is 39.8 Å². The minimum absolute atomic E-state index is 0.0619. The van der Waals surface area contributed by atoms with Gasteiger partial charge in [0, 0.05) is 16.9 Å². The van der Waals surface area contributed by atoms with E-state index in [0.29, 0.717) is 12.5 Å². The Balaban J connectivity index is 1.91. The molecule has 0 aromatic heterocycles. The number of hydrogen-bond donors (Lipinski definition) is 1. The van der Waals surface area contributed by atoms with Crippen LogP contribution in [-0.2, 0) is 9.53 Å². The molecular weight excluding hydrogens is 288 g/mol. The molecule has 3 rings (SSSR count). The molecule has 1 heterocycles. The Kier molecular flexibility index (Phi) is 4.20. The summed E-state index contributed by atoms with van der Waals surface area (Å²) in [5.74, 6) is 0.304. The standard InChI is InChI=1S/C20H30O3/c1-13(2)6-5-10-19(3)11-9-17(21)20(4)15-12-23-18(22)14(15)7-8-16(19)20/h6-7,15-17,21H,5,8-12H2,1-4H3/t15-,16-,17+,19+,20+/m0/s1. The molecule has 23 heavy (non-hydrogen) atoms. The van der Waals surface area contributed by atoms with Gasteiger partial charge in [0.1, 0.15) is 0 Å². The molecule has 1 saturated carbocycles. The minimum atomic E-state index is -0.341. The van der Waals surface area contributed by atoms with Crippen molar-refractivity contribution in [3.05, 3.63) is 23.3 Å². The second-order valence-corrected chi connectivity index (χ2v) is 8.49. The molecule has 2 aliphatic carbocycles. The predicted octanol–water partition coefficient (Wildman–Crippen LogP) is 4.02. The first-order valence-electron chi connectivity index (χ1n) is 8.97. The van der Waals surface area contributed by atoms with Crippen molar-refractivity contribution >= 4 is 5.97 Å². The van der Waals surface area contributed by atoms with Crippen LogP contribution in [0.3, 0.4) is 0 Å². The highest BCUT2D eigenvalue weighted by atomic mass is 16.5. The highest BCUT2D eigenvalue weighted by Crippen LogP contribution is 2.62. The number of cyclic esters (lactones) is 1. The van der Waals surface area contributed by atoms with E-state index >= 15 is 0 Å². The summed E-state index contributed by atoms with van der Waals surface area (Å²) in [6, 6.07) is 0. The lowest BCUT2D eigenvalue weighted by molar-refractivity contribution is -0.138. The van der Waals surface area contributed by atoms with E-state index < -0.39 is 0 Å². The largest absolute Gasteiger partial charge is 0.462 e. The summed E-state index contributed by atoms with van der Waals surface area (Å²) < 4.78 is 5.32. The lowest BCUT2D eigenvalue weighted by atomic mass is 9.46. The normalized spacial score (nSPS) is 42.4. The molecule has 0 amide bonds. The number of hydrogen-bond acceptors (Lipinski definition) is 3. The number of carbonyl (C=O) groups excluding carboxylic acids is 1. The van der Waals surface area contributed by atoms with Crippen LogP contribution < -0.4 is 0 Å². The van der Waals surface area contributed by atoms with Crippen molar-refractivity contribution in [2.75, 3.05) is 6.61 Å². The van der Waals surface area contributed by atoms with Crippen LogP contribution in [0.25, 0.3) is 0 Å². The van der Waals surface area contributed by atoms with Gasteiger partial charge in [0.05, 0.1) is 12.7 Å². The lowest BCUT2D eigenvalue weighted by Crippen LogP contribution is -2.56. The van der Waals surface area contributed by atoms with Crippen LogP contribution in [0.4, 0.5) is 0 Å². The molecular formula is C20H30O3. The molecule has 128 valence electrons. The van der Waals surface area contributed by atoms with Gasteiger partial charge < -0.3 is 9.84 Å². The molecule has 1 N–H and O–H groups in total. The average Bonchev–Trinajstić information content (AvgIpc) is 2.86. The van der Waals surface area contributed by atoms with Gasteiger partial charge in [-0.1, -0.05) is 31.6 Å². The van der Waals surface area contributed by atoms with Crippen LogP contribution in [0, 0.1) is 22.7 Å². The molecule has 1 saturated heterocycles. The third-order valence-electron chi connectivity index (χ3n) is 6.88. The van der Waals surface area contributed by atoms with Gasteiger partial charge in [-0.25, -0.2) is 4.79 Å². The SMILES string of the molecule is CC(C)=CCC[C@]1(C)CC[C@@H](O)[C@]2(C)[C@H]3COC(=O)C3=CC[C@@H]12. The third-order valence-corrected chi connectivity index (χ3v) is 6.88. The van der Waals surface area contributed by atoms with Crippen molar-refractivity contribution in [1.82, 2.24) is 0 Å². The topological polar surface area (TPSA) is 46.5 Å². The maximum atomic E-state index is 12.0. The van der Waals surface area contributed by atoms with E-state index in [1.807, 2.05) is 0 Å². The maximum Gasteiger partial charge on any atom is 0.334 e. The fourth-order valence-electron chi connectivity index (χ4n) is 5.40. The number of esters is 1. The Morgan fingerprint density at radius 2 is 2.17 bits per heavy atom. The van der Waals surface area contributed by atoms with E-state index in [0.717, 1.165) is 37.7 Å². The fraction of sp³-hybridized carbons (Fsp3) is 0.750. The summed E-state index contributed by atoms with van der Waals surface area (Å²) in [5, 5.41) is 10.8. The van der Waals surface area contributed by atoms with Gasteiger partial charge in [-0.3, -0.25) is 0 Å². The molecule has 3 aliphatic rings. The second kappa shape index (κ2) is 5.77. The molecule has 1 aliphatic heterocycles. The van der Waals surface area contributed by atoms with Gasteiger partial charge in [0.15, 0.2) is 0 Å². The molecule has 0 spiro atoms. The second-order valence-electron chi connectivity index (χ2n) is 8.49. The van der Waals surface area contributed by atoms with Gasteiger partial charge in [-0.2, -0.15) is 0 Å². The zero-order chi connectivity index (χ0) is 16.8. The number of aliphatic hydroxyl groups is 1. The highest BCUT2D eigenvalue weighted by molar-refractivity contribution is 5.91. The Morgan fingerprint density at radius 1 is 1.43 bits per heavy atom. The van der Waals surface area contributed by atoms with Crippen LogP contribution in [0.5, 0.6) is 0 Å². The number of carbonyl (C=O) groups is 1. The Labute approximate surface area is 139 Å². The van der Waals surface area contributed by atoms with Gasteiger partial charge in [-0.15, -0.1) is 0 Å². The van der Waals surface area contributed by atoms with Crippen molar-refractivity contribution in [3.8, 4) is 0 Å². The van der Waals surface area contributed by atoms with Crippen LogP contribution >= 0.6 is 0 Å². The minimum Gasteiger partial charge on any atom is -0.462 e. The van der Waals surface area contributed by atoms with Crippen molar-refractivity contribution in [2.45, 2.75) is 65.9 Å². The predicted molar refractivity (Wildman–Crippen MR) is 90.8 cm³/mol. The molecule has 0 radical (unpaired) electrons. The summed E-state index contributed by atoms with van der Waals surface area (Å²) in [5.41, 5.74) is 2.16. The van der Waals surface area contributed by atoms with E-state index in [-0.39, 0.29) is 28.8 Å². The van der Waals surface area contributed by atoms with Crippen LogP contribution in [0.1, 0.15) is 59.8 Å². The van der Waals surface area contributed by atoms with Crippen molar-refractivity contribution in [1.29, 1.82) is 0 Å². The number of rotatable bonds is 3. The number of ether oxygens (including phenoxy) is 1. The molecule has 2 fully saturated rings. The zero-order valence-electron chi connectivity index (χ0n) is 14.9. The Bertz CT molecular complexity index is 557. The first-order valence-corrected chi connectivity index (χ1v) is 8.97. The Morgan fingerprint density at radius 3 is 2.87 bits per heavy atom. The van der Waals surface area contributed by atoms with Gasteiger partial charge >= 0.3 is 5.97 Å². The Hall–Kier alpha value is -1.09. The maximum absolute atomic E-state index is 12.0. The number of allylic oxidation sites excluding steroid dienone is 3. The fourth-order valence-corrected chi connectivity index (χ4v) is 5.40. The van der Waals surface area contributed by atoms with Gasteiger partial charge in [0.2, 0.25) is 0 Å². The first-order chi connectivity index (χ1) is 10.8. The molecule has 0 aromatic carbocycles. The lowest BCUT2D eigenvalue weighted by Gasteiger charge is -2.58. The van der Waals surface area contributed by atoms with Crippen molar-refractivity contribution < 1.29 is 14.6 Å². The summed E-state index contributed by atoms with van der Waals surface area (Å²) in [6.07, 6.45) is 9.11.